The first-order valence-electron chi connectivity index (χ1n) is 15.3. The van der Waals surface area contributed by atoms with Crippen molar-refractivity contribution in [3.05, 3.63) is 66.2 Å². The SMILES string of the molecule is C[C@H](CO)N1C[C@H](C)[C@@H](CN(C)C(=O)Nc2cccc3ccccc23)Oc2ccc(NC(=O)C3CCCCC3)cc2C1=O. The van der Waals surface area contributed by atoms with Crippen LogP contribution in [0.1, 0.15) is 56.3 Å². The van der Waals surface area contributed by atoms with Gasteiger partial charge >= 0.3 is 6.03 Å². The minimum Gasteiger partial charge on any atom is -0.487 e. The van der Waals surface area contributed by atoms with Crippen molar-refractivity contribution in [2.24, 2.45) is 11.8 Å². The summed E-state index contributed by atoms with van der Waals surface area (Å²) in [5, 5.41) is 18.0. The Morgan fingerprint density at radius 3 is 2.56 bits per heavy atom. The molecular weight excluding hydrogens is 544 g/mol. The smallest absolute Gasteiger partial charge is 0.321 e. The standard InChI is InChI=1S/C34H42N4O5/c1-22-19-38(23(2)21-39)33(41)28-18-26(35-32(40)25-11-5-4-6-12-25)16-17-30(28)43-31(22)20-37(3)34(42)36-29-15-9-13-24-10-7-8-14-27(24)29/h7-10,13-18,22-23,25,31,39H,4-6,11-12,19-21H2,1-3H3,(H,35,40)(H,36,42)/t22-,23+,31+/m0/s1. The molecule has 0 unspecified atom stereocenters. The van der Waals surface area contributed by atoms with Crippen molar-refractivity contribution < 1.29 is 24.2 Å². The van der Waals surface area contributed by atoms with Crippen molar-refractivity contribution in [3.63, 3.8) is 0 Å². The van der Waals surface area contributed by atoms with Crippen molar-refractivity contribution in [2.45, 2.75) is 58.1 Å². The van der Waals surface area contributed by atoms with Crippen LogP contribution in [0.15, 0.2) is 60.7 Å². The Morgan fingerprint density at radius 1 is 1.05 bits per heavy atom. The summed E-state index contributed by atoms with van der Waals surface area (Å²) >= 11 is 0. The summed E-state index contributed by atoms with van der Waals surface area (Å²) in [5.41, 5.74) is 1.59. The van der Waals surface area contributed by atoms with Gasteiger partial charge in [-0.1, -0.05) is 62.6 Å². The predicted molar refractivity (Wildman–Crippen MR) is 168 cm³/mol. The lowest BCUT2D eigenvalue weighted by atomic mass is 9.88. The fourth-order valence-electron chi connectivity index (χ4n) is 6.03. The summed E-state index contributed by atoms with van der Waals surface area (Å²) in [4.78, 5) is 43.2. The number of hydrogen-bond acceptors (Lipinski definition) is 5. The van der Waals surface area contributed by atoms with E-state index in [0.717, 1.165) is 48.6 Å². The highest BCUT2D eigenvalue weighted by Gasteiger charge is 2.34. The number of nitrogens with zero attached hydrogens (tertiary/aromatic N) is 2. The number of aliphatic hydroxyl groups excluding tert-OH is 1. The molecule has 1 saturated carbocycles. The van der Waals surface area contributed by atoms with Gasteiger partial charge in [-0.15, -0.1) is 0 Å². The lowest BCUT2D eigenvalue weighted by Crippen LogP contribution is -2.50. The first-order valence-corrected chi connectivity index (χ1v) is 15.3. The zero-order valence-corrected chi connectivity index (χ0v) is 25.2. The van der Waals surface area contributed by atoms with Gasteiger partial charge < -0.3 is 30.3 Å². The minimum atomic E-state index is -0.439. The average Bonchev–Trinajstić information content (AvgIpc) is 3.03. The third-order valence-electron chi connectivity index (χ3n) is 8.74. The molecule has 1 heterocycles. The molecule has 1 aliphatic carbocycles. The van der Waals surface area contributed by atoms with Gasteiger partial charge in [-0.3, -0.25) is 9.59 Å². The number of ether oxygens (including phenoxy) is 1. The van der Waals surface area contributed by atoms with Crippen molar-refractivity contribution in [3.8, 4) is 5.75 Å². The van der Waals surface area contributed by atoms with Gasteiger partial charge in [0.2, 0.25) is 5.91 Å². The number of carbonyl (C=O) groups excluding carboxylic acids is 3. The number of likely N-dealkylation sites (N-methyl/N-ethyl adjacent to an activating group) is 1. The van der Waals surface area contributed by atoms with Crippen LogP contribution < -0.4 is 15.4 Å². The van der Waals surface area contributed by atoms with Gasteiger partial charge in [0.25, 0.3) is 5.91 Å². The van der Waals surface area contributed by atoms with Crippen LogP contribution >= 0.6 is 0 Å². The molecule has 4 amide bonds. The quantitative estimate of drug-likeness (QED) is 0.327. The van der Waals surface area contributed by atoms with E-state index in [4.69, 9.17) is 4.74 Å². The lowest BCUT2D eigenvalue weighted by Gasteiger charge is -2.38. The third kappa shape index (κ3) is 6.94. The molecule has 3 N–H and O–H groups in total. The van der Waals surface area contributed by atoms with E-state index in [-0.39, 0.29) is 42.8 Å². The summed E-state index contributed by atoms with van der Waals surface area (Å²) in [5.74, 6) is -0.0725. The topological polar surface area (TPSA) is 111 Å². The Labute approximate surface area is 253 Å². The van der Waals surface area contributed by atoms with Gasteiger partial charge in [-0.05, 0) is 49.4 Å². The fraction of sp³-hybridized carbons (Fsp3) is 0.441. The number of anilines is 2. The van der Waals surface area contributed by atoms with Crippen LogP contribution in [0.3, 0.4) is 0 Å². The van der Waals surface area contributed by atoms with Crippen LogP contribution in [0.25, 0.3) is 10.8 Å². The Bertz CT molecular complexity index is 1460. The molecule has 228 valence electrons. The van der Waals surface area contributed by atoms with Crippen LogP contribution in [-0.4, -0.2) is 71.6 Å². The maximum atomic E-state index is 13.8. The third-order valence-corrected chi connectivity index (χ3v) is 8.74. The van der Waals surface area contributed by atoms with E-state index in [9.17, 15) is 19.5 Å². The number of nitrogens with one attached hydrogen (secondary N) is 2. The van der Waals surface area contributed by atoms with Crippen LogP contribution in [0.4, 0.5) is 16.2 Å². The molecule has 9 heteroatoms. The monoisotopic (exact) mass is 586 g/mol. The van der Waals surface area contributed by atoms with Crippen LogP contribution in [-0.2, 0) is 4.79 Å². The predicted octanol–water partition coefficient (Wildman–Crippen LogP) is 5.74. The van der Waals surface area contributed by atoms with Crippen LogP contribution in [0, 0.1) is 11.8 Å². The van der Waals surface area contributed by atoms with Crippen LogP contribution in [0.5, 0.6) is 5.75 Å². The zero-order chi connectivity index (χ0) is 30.5. The van der Waals surface area contributed by atoms with E-state index >= 15 is 0 Å². The number of benzene rings is 3. The number of carbonyl (C=O) groups is 3. The van der Waals surface area contributed by atoms with E-state index < -0.39 is 12.1 Å². The number of hydrogen-bond donors (Lipinski definition) is 3. The van der Waals surface area contributed by atoms with Gasteiger partial charge in [0, 0.05) is 36.5 Å². The van der Waals surface area contributed by atoms with Gasteiger partial charge in [-0.2, -0.15) is 0 Å². The Kier molecular flexibility index (Phi) is 9.50. The van der Waals surface area contributed by atoms with Crippen molar-refractivity contribution in [1.29, 1.82) is 0 Å². The molecule has 1 aliphatic heterocycles. The molecule has 0 aromatic heterocycles. The largest absolute Gasteiger partial charge is 0.487 e. The van der Waals surface area contributed by atoms with Gasteiger partial charge in [0.15, 0.2) is 0 Å². The number of rotatable bonds is 7. The van der Waals surface area contributed by atoms with Crippen molar-refractivity contribution in [2.75, 3.05) is 37.4 Å². The molecule has 9 nitrogen and oxygen atoms in total. The number of amides is 4. The number of aliphatic hydroxyl groups is 1. The second-order valence-electron chi connectivity index (χ2n) is 12.0. The van der Waals surface area contributed by atoms with E-state index in [1.807, 2.05) is 49.4 Å². The van der Waals surface area contributed by atoms with Gasteiger partial charge in [0.05, 0.1) is 30.4 Å². The molecule has 2 aliphatic rings. The summed E-state index contributed by atoms with van der Waals surface area (Å²) in [6.07, 6.45) is 4.58. The second-order valence-corrected chi connectivity index (χ2v) is 12.0. The van der Waals surface area contributed by atoms with Crippen molar-refractivity contribution in [1.82, 2.24) is 9.80 Å². The van der Waals surface area contributed by atoms with E-state index in [1.165, 1.54) is 0 Å². The Balaban J connectivity index is 1.36. The molecule has 5 rings (SSSR count). The minimum absolute atomic E-state index is 0.0191. The maximum absolute atomic E-state index is 13.8. The maximum Gasteiger partial charge on any atom is 0.321 e. The Hall–Kier alpha value is -4.11. The summed E-state index contributed by atoms with van der Waals surface area (Å²) < 4.78 is 6.45. The zero-order valence-electron chi connectivity index (χ0n) is 25.2. The van der Waals surface area contributed by atoms with E-state index in [2.05, 4.69) is 10.6 Å². The van der Waals surface area contributed by atoms with E-state index in [0.29, 0.717) is 23.5 Å². The molecule has 0 saturated heterocycles. The van der Waals surface area contributed by atoms with Gasteiger partial charge in [0.1, 0.15) is 11.9 Å². The summed E-state index contributed by atoms with van der Waals surface area (Å²) in [7, 11) is 1.72. The normalized spacial score (nSPS) is 19.9. The number of fused-ring (bicyclic) bond motifs is 2. The van der Waals surface area contributed by atoms with Crippen LogP contribution in [0.2, 0.25) is 0 Å². The molecule has 43 heavy (non-hydrogen) atoms. The molecule has 0 bridgehead atoms. The molecule has 0 spiro atoms. The second kappa shape index (κ2) is 13.5. The van der Waals surface area contributed by atoms with E-state index in [1.54, 1.807) is 42.0 Å². The van der Waals surface area contributed by atoms with Gasteiger partial charge in [-0.25, -0.2) is 4.79 Å². The first kappa shape index (κ1) is 30.4. The Morgan fingerprint density at radius 2 is 1.79 bits per heavy atom. The molecule has 0 radical (unpaired) electrons. The highest BCUT2D eigenvalue weighted by atomic mass is 16.5. The lowest BCUT2D eigenvalue weighted by molar-refractivity contribution is -0.120. The molecule has 1 fully saturated rings. The summed E-state index contributed by atoms with van der Waals surface area (Å²) in [6, 6.07) is 18.1. The highest BCUT2D eigenvalue weighted by molar-refractivity contribution is 6.02. The highest BCUT2D eigenvalue weighted by Crippen LogP contribution is 2.32. The fourth-order valence-corrected chi connectivity index (χ4v) is 6.03. The molecule has 3 atom stereocenters. The van der Waals surface area contributed by atoms with Crippen molar-refractivity contribution >= 4 is 40.0 Å². The first-order chi connectivity index (χ1) is 20.7. The molecule has 3 aromatic rings. The molecular formula is C34H42N4O5. The average molecular weight is 587 g/mol. The number of urea groups is 1. The molecule has 3 aromatic carbocycles. The summed E-state index contributed by atoms with van der Waals surface area (Å²) in [6.45, 7) is 4.20.